The van der Waals surface area contributed by atoms with Crippen LogP contribution in [0, 0.1) is 18.3 Å². The van der Waals surface area contributed by atoms with Crippen molar-refractivity contribution in [1.29, 1.82) is 5.26 Å². The SMILES string of the molecule is COc1c(C(C)n2cc(C(F)F)c3c(N)ncnc32)cc(C#N)c(C)c1C1CN(CC(C)(C)O)C1. The lowest BCUT2D eigenvalue weighted by Gasteiger charge is -2.43. The van der Waals surface area contributed by atoms with Gasteiger partial charge in [-0.05, 0) is 39.3 Å². The summed E-state index contributed by atoms with van der Waals surface area (Å²) in [7, 11) is 1.58. The summed E-state index contributed by atoms with van der Waals surface area (Å²) in [6.45, 7) is 9.27. The first-order chi connectivity index (χ1) is 16.5. The molecule has 3 aromatic rings. The molecule has 0 aliphatic carbocycles. The van der Waals surface area contributed by atoms with Crippen LogP contribution < -0.4 is 10.5 Å². The number of fused-ring (bicyclic) bond motifs is 1. The van der Waals surface area contributed by atoms with E-state index in [-0.39, 0.29) is 22.7 Å². The van der Waals surface area contributed by atoms with Crippen molar-refractivity contribution in [2.24, 2.45) is 0 Å². The fourth-order valence-electron chi connectivity index (χ4n) is 5.12. The molecule has 0 radical (unpaired) electrons. The monoisotopic (exact) mass is 484 g/mol. The minimum atomic E-state index is -2.75. The Morgan fingerprint density at radius 3 is 2.57 bits per heavy atom. The number of hydrogen-bond acceptors (Lipinski definition) is 7. The second kappa shape index (κ2) is 9.06. The van der Waals surface area contributed by atoms with Crippen molar-refractivity contribution < 1.29 is 18.6 Å². The number of likely N-dealkylation sites (tertiary alicyclic amines) is 1. The zero-order chi connectivity index (χ0) is 25.7. The molecule has 1 fully saturated rings. The Morgan fingerprint density at radius 2 is 2.00 bits per heavy atom. The number of halogens is 2. The number of aromatic nitrogens is 3. The van der Waals surface area contributed by atoms with E-state index in [1.807, 2.05) is 13.8 Å². The first kappa shape index (κ1) is 24.8. The molecular weight excluding hydrogens is 454 g/mol. The maximum atomic E-state index is 13.8. The molecule has 35 heavy (non-hydrogen) atoms. The van der Waals surface area contributed by atoms with Crippen LogP contribution in [0.15, 0.2) is 18.6 Å². The fourth-order valence-corrected chi connectivity index (χ4v) is 5.12. The summed E-state index contributed by atoms with van der Waals surface area (Å²) in [5.41, 5.74) is 8.14. The first-order valence-electron chi connectivity index (χ1n) is 11.4. The van der Waals surface area contributed by atoms with Gasteiger partial charge in [0.2, 0.25) is 0 Å². The molecule has 3 heterocycles. The highest BCUT2D eigenvalue weighted by Gasteiger charge is 2.36. The first-order valence-corrected chi connectivity index (χ1v) is 11.4. The molecule has 0 spiro atoms. The normalized spacial score (nSPS) is 15.9. The van der Waals surface area contributed by atoms with Crippen molar-refractivity contribution in [1.82, 2.24) is 19.4 Å². The third-order valence-corrected chi connectivity index (χ3v) is 6.69. The quantitative estimate of drug-likeness (QED) is 0.523. The maximum absolute atomic E-state index is 13.8. The highest BCUT2D eigenvalue weighted by atomic mass is 19.3. The number of anilines is 1. The molecule has 1 aromatic carbocycles. The van der Waals surface area contributed by atoms with Crippen molar-refractivity contribution in [3.05, 3.63) is 46.4 Å². The van der Waals surface area contributed by atoms with Crippen molar-refractivity contribution in [2.75, 3.05) is 32.5 Å². The van der Waals surface area contributed by atoms with Crippen LogP contribution in [0.4, 0.5) is 14.6 Å². The van der Waals surface area contributed by atoms with Gasteiger partial charge in [0.1, 0.15) is 23.5 Å². The number of nitriles is 1. The lowest BCUT2D eigenvalue weighted by atomic mass is 9.83. The highest BCUT2D eigenvalue weighted by Crippen LogP contribution is 2.44. The largest absolute Gasteiger partial charge is 0.496 e. The fraction of sp³-hybridized carbons (Fsp3) is 0.480. The predicted octanol–water partition coefficient (Wildman–Crippen LogP) is 3.92. The lowest BCUT2D eigenvalue weighted by Crippen LogP contribution is -2.51. The van der Waals surface area contributed by atoms with E-state index < -0.39 is 18.1 Å². The Balaban J connectivity index is 1.82. The van der Waals surface area contributed by atoms with Crippen LogP contribution in [0.25, 0.3) is 11.0 Å². The molecule has 2 aromatic heterocycles. The van der Waals surface area contributed by atoms with E-state index in [0.717, 1.165) is 24.2 Å². The molecule has 0 bridgehead atoms. The zero-order valence-corrected chi connectivity index (χ0v) is 20.5. The van der Waals surface area contributed by atoms with Crippen LogP contribution in [0.2, 0.25) is 0 Å². The van der Waals surface area contributed by atoms with E-state index in [9.17, 15) is 19.1 Å². The Kier molecular flexibility index (Phi) is 6.42. The minimum Gasteiger partial charge on any atom is -0.496 e. The molecule has 186 valence electrons. The van der Waals surface area contributed by atoms with Crippen molar-refractivity contribution in [2.45, 2.75) is 51.7 Å². The Morgan fingerprint density at radius 1 is 1.31 bits per heavy atom. The van der Waals surface area contributed by atoms with Gasteiger partial charge >= 0.3 is 0 Å². The van der Waals surface area contributed by atoms with Gasteiger partial charge in [-0.15, -0.1) is 0 Å². The van der Waals surface area contributed by atoms with Gasteiger partial charge in [-0.3, -0.25) is 4.90 Å². The summed E-state index contributed by atoms with van der Waals surface area (Å²) in [6.07, 6.45) is -0.147. The molecule has 4 rings (SSSR count). The Bertz CT molecular complexity index is 1300. The van der Waals surface area contributed by atoms with Crippen molar-refractivity contribution >= 4 is 16.9 Å². The second-order valence-corrected chi connectivity index (χ2v) is 9.83. The molecule has 8 nitrogen and oxygen atoms in total. The summed E-state index contributed by atoms with van der Waals surface area (Å²) < 4.78 is 35.2. The summed E-state index contributed by atoms with van der Waals surface area (Å²) in [4.78, 5) is 10.3. The molecule has 1 saturated heterocycles. The molecule has 0 saturated carbocycles. The average Bonchev–Trinajstić information content (AvgIpc) is 3.16. The summed E-state index contributed by atoms with van der Waals surface area (Å²) >= 11 is 0. The molecular formula is C25H30F2N6O2. The number of β-amino-alcohol motifs (C(OH)–C–C–N with tert-alkyl or cyclic N) is 1. The van der Waals surface area contributed by atoms with Gasteiger partial charge in [-0.1, -0.05) is 0 Å². The van der Waals surface area contributed by atoms with Gasteiger partial charge in [-0.2, -0.15) is 5.26 Å². The van der Waals surface area contributed by atoms with Crippen molar-refractivity contribution in [3.63, 3.8) is 0 Å². The Labute approximate surface area is 202 Å². The van der Waals surface area contributed by atoms with Crippen LogP contribution in [-0.2, 0) is 0 Å². The molecule has 1 unspecified atom stereocenters. The zero-order valence-electron chi connectivity index (χ0n) is 20.5. The number of ether oxygens (including phenoxy) is 1. The number of rotatable bonds is 7. The maximum Gasteiger partial charge on any atom is 0.266 e. The number of nitrogens with zero attached hydrogens (tertiary/aromatic N) is 5. The minimum absolute atomic E-state index is 0.00751. The number of benzene rings is 1. The van der Waals surface area contributed by atoms with Crippen molar-refractivity contribution in [3.8, 4) is 11.8 Å². The van der Waals surface area contributed by atoms with E-state index in [4.69, 9.17) is 10.5 Å². The molecule has 0 amide bonds. The molecule has 1 aliphatic heterocycles. The Hall–Kier alpha value is -3.29. The lowest BCUT2D eigenvalue weighted by molar-refractivity contribution is 0.00699. The van der Waals surface area contributed by atoms with Crippen LogP contribution in [0.1, 0.15) is 67.0 Å². The summed E-state index contributed by atoms with van der Waals surface area (Å²) in [5, 5.41) is 20.1. The number of nitrogens with two attached hydrogens (primary N) is 1. The predicted molar refractivity (Wildman–Crippen MR) is 129 cm³/mol. The molecule has 10 heteroatoms. The van der Waals surface area contributed by atoms with Crippen LogP contribution >= 0.6 is 0 Å². The van der Waals surface area contributed by atoms with E-state index in [1.165, 1.54) is 12.5 Å². The van der Waals surface area contributed by atoms with Gasteiger partial charge in [-0.25, -0.2) is 18.7 Å². The summed E-state index contributed by atoms with van der Waals surface area (Å²) in [5.74, 6) is 0.735. The van der Waals surface area contributed by atoms with Gasteiger partial charge < -0.3 is 20.1 Å². The molecule has 1 aliphatic rings. The molecule has 3 N–H and O–H groups in total. The standard InChI is InChI=1S/C25H30F2N6O2/c1-13-15(7-28)6-17(21(35-5)19(13)16-8-32(9-16)11-25(3,4)34)14(2)33-10-18(22(26)27)20-23(29)30-12-31-24(20)33/h6,10,12,14,16,22,34H,8-9,11H2,1-5H3,(H2,29,30,31). The highest BCUT2D eigenvalue weighted by molar-refractivity contribution is 5.90. The van der Waals surface area contributed by atoms with Gasteiger partial charge in [0.05, 0.1) is 35.8 Å². The number of aliphatic hydroxyl groups is 1. The van der Waals surface area contributed by atoms with Gasteiger partial charge in [0.25, 0.3) is 6.43 Å². The van der Waals surface area contributed by atoms with Crippen LogP contribution in [-0.4, -0.2) is 56.9 Å². The number of methoxy groups -OCH3 is 1. The number of hydrogen-bond donors (Lipinski definition) is 2. The third-order valence-electron chi connectivity index (χ3n) is 6.69. The van der Waals surface area contributed by atoms with E-state index in [1.54, 1.807) is 31.6 Å². The van der Waals surface area contributed by atoms with E-state index in [2.05, 4.69) is 20.9 Å². The number of nitrogen functional groups attached to an aromatic ring is 1. The van der Waals surface area contributed by atoms with Gasteiger partial charge in [0.15, 0.2) is 0 Å². The van der Waals surface area contributed by atoms with E-state index >= 15 is 0 Å². The number of alkyl halides is 2. The smallest absolute Gasteiger partial charge is 0.266 e. The average molecular weight is 485 g/mol. The topological polar surface area (TPSA) is 113 Å². The van der Waals surface area contributed by atoms with Crippen LogP contribution in [0.5, 0.6) is 5.75 Å². The molecule has 1 atom stereocenters. The van der Waals surface area contributed by atoms with Gasteiger partial charge in [0, 0.05) is 48.4 Å². The van der Waals surface area contributed by atoms with Crippen LogP contribution in [0.3, 0.4) is 0 Å². The third kappa shape index (κ3) is 4.42. The van der Waals surface area contributed by atoms with E-state index in [0.29, 0.717) is 29.1 Å². The summed E-state index contributed by atoms with van der Waals surface area (Å²) in [6, 6.07) is 3.55. The second-order valence-electron chi connectivity index (χ2n) is 9.83.